The third-order valence-electron chi connectivity index (χ3n) is 2.47. The number of benzene rings is 2. The molecule has 0 fully saturated rings. The summed E-state index contributed by atoms with van der Waals surface area (Å²) in [6.45, 7) is 0. The molecule has 0 aromatic heterocycles. The lowest BCUT2D eigenvalue weighted by Crippen LogP contribution is -2.12. The van der Waals surface area contributed by atoms with Crippen LogP contribution in [0.5, 0.6) is 0 Å². The summed E-state index contributed by atoms with van der Waals surface area (Å²) < 4.78 is 23.5. The molecule has 0 heterocycles. The largest absolute Gasteiger partial charge is 0.399 e. The summed E-state index contributed by atoms with van der Waals surface area (Å²) in [5.41, 5.74) is 7.17. The first-order valence-corrected chi connectivity index (χ1v) is 8.13. The Bertz CT molecular complexity index is 765. The quantitative estimate of drug-likeness (QED) is 0.717. The fraction of sp³-hybridized carbons (Fsp3) is 0. The fourth-order valence-electron chi connectivity index (χ4n) is 1.60. The van der Waals surface area contributed by atoms with Crippen LogP contribution in [-0.4, -0.2) is 8.42 Å². The lowest BCUT2D eigenvalue weighted by atomic mass is 10.2. The van der Waals surface area contributed by atoms with Crippen molar-refractivity contribution in [1.29, 1.82) is 0 Å². The topological polar surface area (TPSA) is 98.2 Å². The number of anilines is 3. The molecule has 2 rings (SSSR count). The number of sulfonamides is 1. The Morgan fingerprint density at radius 3 is 2.40 bits per heavy atom. The van der Waals surface area contributed by atoms with Crippen molar-refractivity contribution in [2.75, 3.05) is 11.1 Å². The van der Waals surface area contributed by atoms with Crippen LogP contribution in [0, 0.1) is 0 Å². The van der Waals surface area contributed by atoms with Crippen molar-refractivity contribution in [2.24, 2.45) is 5.14 Å². The first-order chi connectivity index (χ1) is 9.25. The molecule has 5 nitrogen and oxygen atoms in total. The lowest BCUT2D eigenvalue weighted by Gasteiger charge is -2.10. The molecule has 0 atom stereocenters. The molecule has 0 bridgehead atoms. The van der Waals surface area contributed by atoms with Gasteiger partial charge in [-0.1, -0.05) is 11.6 Å². The number of nitrogens with one attached hydrogen (secondary N) is 1. The van der Waals surface area contributed by atoms with Gasteiger partial charge in [-0.25, -0.2) is 13.6 Å². The summed E-state index contributed by atoms with van der Waals surface area (Å²) in [5.74, 6) is 0. The normalized spacial score (nSPS) is 11.3. The number of hydrogen-bond donors (Lipinski definition) is 3. The first kappa shape index (κ1) is 15.1. The maximum absolute atomic E-state index is 11.4. The summed E-state index contributed by atoms with van der Waals surface area (Å²) in [6.07, 6.45) is 0. The second-order valence-electron chi connectivity index (χ2n) is 4.09. The van der Waals surface area contributed by atoms with E-state index in [1.807, 2.05) is 0 Å². The lowest BCUT2D eigenvalue weighted by molar-refractivity contribution is 0.598. The molecule has 0 saturated heterocycles. The predicted octanol–water partition coefficient (Wildman–Crippen LogP) is 3.08. The van der Waals surface area contributed by atoms with Crippen molar-refractivity contribution in [3.05, 3.63) is 45.9 Å². The van der Waals surface area contributed by atoms with E-state index >= 15 is 0 Å². The second-order valence-corrected chi connectivity index (χ2v) is 6.91. The van der Waals surface area contributed by atoms with Crippen LogP contribution in [0.25, 0.3) is 0 Å². The van der Waals surface area contributed by atoms with E-state index in [0.717, 1.165) is 4.47 Å². The smallest absolute Gasteiger partial charge is 0.238 e. The molecule has 0 amide bonds. The molecule has 0 saturated carbocycles. The van der Waals surface area contributed by atoms with E-state index in [2.05, 4.69) is 21.2 Å². The Labute approximate surface area is 130 Å². The van der Waals surface area contributed by atoms with Crippen LogP contribution in [-0.2, 0) is 10.0 Å². The summed E-state index contributed by atoms with van der Waals surface area (Å²) >= 11 is 9.28. The average molecular weight is 377 g/mol. The Balaban J connectivity index is 2.38. The van der Waals surface area contributed by atoms with Crippen molar-refractivity contribution in [3.63, 3.8) is 0 Å². The molecular formula is C12H11BrClN3O2S. The molecule has 0 radical (unpaired) electrons. The van der Waals surface area contributed by atoms with Gasteiger partial charge < -0.3 is 11.1 Å². The van der Waals surface area contributed by atoms with Crippen molar-refractivity contribution in [3.8, 4) is 0 Å². The number of nitrogen functional groups attached to an aromatic ring is 1. The van der Waals surface area contributed by atoms with Crippen molar-refractivity contribution >= 4 is 54.6 Å². The van der Waals surface area contributed by atoms with Crippen LogP contribution in [0.4, 0.5) is 17.1 Å². The van der Waals surface area contributed by atoms with Crippen molar-refractivity contribution in [2.45, 2.75) is 4.90 Å². The third kappa shape index (κ3) is 3.63. The zero-order valence-corrected chi connectivity index (χ0v) is 13.3. The van der Waals surface area contributed by atoms with Gasteiger partial charge in [-0.3, -0.25) is 0 Å². The average Bonchev–Trinajstić information content (AvgIpc) is 2.32. The zero-order valence-electron chi connectivity index (χ0n) is 10.1. The number of primary sulfonamides is 1. The van der Waals surface area contributed by atoms with Crippen LogP contribution >= 0.6 is 27.5 Å². The van der Waals surface area contributed by atoms with Crippen LogP contribution in [0.1, 0.15) is 0 Å². The highest BCUT2D eigenvalue weighted by atomic mass is 79.9. The highest BCUT2D eigenvalue weighted by Crippen LogP contribution is 2.28. The van der Waals surface area contributed by atoms with E-state index in [1.165, 1.54) is 12.1 Å². The van der Waals surface area contributed by atoms with E-state index in [0.29, 0.717) is 22.1 Å². The molecule has 0 aliphatic carbocycles. The Morgan fingerprint density at radius 2 is 1.80 bits per heavy atom. The van der Waals surface area contributed by atoms with Gasteiger partial charge in [-0.15, -0.1) is 0 Å². The number of rotatable bonds is 3. The molecule has 0 aliphatic rings. The van der Waals surface area contributed by atoms with E-state index in [-0.39, 0.29) is 4.90 Å². The van der Waals surface area contributed by atoms with Gasteiger partial charge in [-0.2, -0.15) is 0 Å². The van der Waals surface area contributed by atoms with Crippen molar-refractivity contribution in [1.82, 2.24) is 0 Å². The highest BCUT2D eigenvalue weighted by molar-refractivity contribution is 9.10. The summed E-state index contributed by atoms with van der Waals surface area (Å²) in [5, 5.41) is 8.65. The van der Waals surface area contributed by atoms with Gasteiger partial charge in [0, 0.05) is 21.5 Å². The monoisotopic (exact) mass is 375 g/mol. The van der Waals surface area contributed by atoms with E-state index < -0.39 is 10.0 Å². The Kier molecular flexibility index (Phi) is 4.24. The minimum absolute atomic E-state index is 0.0526. The Hall–Kier alpha value is -1.28. The molecule has 0 aliphatic heterocycles. The van der Waals surface area contributed by atoms with Gasteiger partial charge in [0.25, 0.3) is 0 Å². The van der Waals surface area contributed by atoms with Crippen LogP contribution in [0.2, 0.25) is 5.02 Å². The molecule has 0 unspecified atom stereocenters. The summed E-state index contributed by atoms with van der Waals surface area (Å²) in [7, 11) is -3.81. The standard InChI is InChI=1S/C12H11BrClN3O2S/c13-11-2-1-8(6-12(11)14)17-9-3-7(15)4-10(5-9)20(16,18)19/h1-6,17H,15H2,(H2,16,18,19). The number of nitrogens with two attached hydrogens (primary N) is 2. The zero-order chi connectivity index (χ0) is 14.9. The van der Waals surface area contributed by atoms with E-state index in [9.17, 15) is 8.42 Å². The summed E-state index contributed by atoms with van der Waals surface area (Å²) in [6, 6.07) is 9.57. The summed E-state index contributed by atoms with van der Waals surface area (Å²) in [4.78, 5) is -0.0526. The van der Waals surface area contributed by atoms with Gasteiger partial charge >= 0.3 is 0 Å². The van der Waals surface area contributed by atoms with Gasteiger partial charge in [0.05, 0.1) is 9.92 Å². The van der Waals surface area contributed by atoms with Gasteiger partial charge in [0.1, 0.15) is 0 Å². The first-order valence-electron chi connectivity index (χ1n) is 5.41. The molecule has 2 aromatic rings. The molecule has 5 N–H and O–H groups in total. The SMILES string of the molecule is Nc1cc(Nc2ccc(Br)c(Cl)c2)cc(S(N)(=O)=O)c1. The van der Waals surface area contributed by atoms with E-state index in [1.54, 1.807) is 24.3 Å². The second kappa shape index (κ2) is 5.61. The van der Waals surface area contributed by atoms with Gasteiger partial charge in [-0.05, 0) is 52.3 Å². The number of hydrogen-bond acceptors (Lipinski definition) is 4. The highest BCUT2D eigenvalue weighted by Gasteiger charge is 2.10. The molecule has 2 aromatic carbocycles. The molecule has 8 heteroatoms. The third-order valence-corrected chi connectivity index (χ3v) is 4.59. The van der Waals surface area contributed by atoms with Gasteiger partial charge in [0.15, 0.2) is 0 Å². The Morgan fingerprint density at radius 1 is 1.10 bits per heavy atom. The minimum Gasteiger partial charge on any atom is -0.399 e. The molecule has 0 spiro atoms. The minimum atomic E-state index is -3.81. The maximum atomic E-state index is 11.4. The van der Waals surface area contributed by atoms with Crippen LogP contribution < -0.4 is 16.2 Å². The number of halogens is 2. The predicted molar refractivity (Wildman–Crippen MR) is 84.7 cm³/mol. The van der Waals surface area contributed by atoms with Crippen molar-refractivity contribution < 1.29 is 8.42 Å². The van der Waals surface area contributed by atoms with E-state index in [4.69, 9.17) is 22.5 Å². The molecule has 20 heavy (non-hydrogen) atoms. The fourth-order valence-corrected chi connectivity index (χ4v) is 2.62. The van der Waals surface area contributed by atoms with Crippen LogP contribution in [0.3, 0.4) is 0 Å². The maximum Gasteiger partial charge on any atom is 0.238 e. The van der Waals surface area contributed by atoms with Gasteiger partial charge in [0.2, 0.25) is 10.0 Å². The van der Waals surface area contributed by atoms with Crippen LogP contribution in [0.15, 0.2) is 45.8 Å². The molecular weight excluding hydrogens is 366 g/mol. The molecule has 106 valence electrons.